The van der Waals surface area contributed by atoms with Gasteiger partial charge in [0.05, 0.1) is 11.9 Å². The highest BCUT2D eigenvalue weighted by atomic mass is 16.5. The molecule has 2 aliphatic rings. The summed E-state index contributed by atoms with van der Waals surface area (Å²) in [5, 5.41) is 10.4. The molecule has 23 heavy (non-hydrogen) atoms. The molecular weight excluding hydrogens is 292 g/mol. The number of hydrogen-bond donors (Lipinski definition) is 2. The van der Waals surface area contributed by atoms with E-state index in [1.165, 1.54) is 0 Å². The Kier molecular flexibility index (Phi) is 3.38. The molecular formula is C17H18N4O2. The molecule has 4 rings (SSSR count). The Morgan fingerprint density at radius 1 is 1.22 bits per heavy atom. The average molecular weight is 310 g/mol. The van der Waals surface area contributed by atoms with Crippen LogP contribution in [0.3, 0.4) is 0 Å². The van der Waals surface area contributed by atoms with Crippen molar-refractivity contribution in [1.29, 1.82) is 0 Å². The second-order valence-corrected chi connectivity index (χ2v) is 5.85. The highest BCUT2D eigenvalue weighted by Crippen LogP contribution is 2.36. The van der Waals surface area contributed by atoms with Gasteiger partial charge >= 0.3 is 0 Å². The van der Waals surface area contributed by atoms with Crippen LogP contribution in [0, 0.1) is 0 Å². The summed E-state index contributed by atoms with van der Waals surface area (Å²) in [6.45, 7) is 1.78. The maximum Gasteiger partial charge on any atom is 0.291 e. The SMILES string of the molecule is Cn1cc(-c2ccc3c(c2)NC(=O)C(=C2CCNCC2)O3)cn1. The number of benzene rings is 1. The first-order valence-electron chi connectivity index (χ1n) is 7.76. The van der Waals surface area contributed by atoms with Crippen LogP contribution in [0.15, 0.2) is 41.9 Å². The summed E-state index contributed by atoms with van der Waals surface area (Å²) in [7, 11) is 1.88. The van der Waals surface area contributed by atoms with Gasteiger partial charge in [-0.1, -0.05) is 6.07 Å². The number of rotatable bonds is 1. The number of ether oxygens (including phenoxy) is 1. The number of anilines is 1. The van der Waals surface area contributed by atoms with Crippen LogP contribution in [-0.2, 0) is 11.8 Å². The molecule has 1 saturated heterocycles. The fraction of sp³-hybridized carbons (Fsp3) is 0.294. The van der Waals surface area contributed by atoms with Crippen molar-refractivity contribution >= 4 is 11.6 Å². The van der Waals surface area contributed by atoms with Crippen LogP contribution in [0.2, 0.25) is 0 Å². The topological polar surface area (TPSA) is 68.2 Å². The molecule has 118 valence electrons. The van der Waals surface area contributed by atoms with Gasteiger partial charge in [0, 0.05) is 18.8 Å². The summed E-state index contributed by atoms with van der Waals surface area (Å²) in [5.74, 6) is 1.00. The Bertz CT molecular complexity index is 799. The van der Waals surface area contributed by atoms with Crippen molar-refractivity contribution in [2.24, 2.45) is 7.05 Å². The summed E-state index contributed by atoms with van der Waals surface area (Å²) < 4.78 is 7.65. The van der Waals surface area contributed by atoms with E-state index in [1.807, 2.05) is 31.4 Å². The second-order valence-electron chi connectivity index (χ2n) is 5.85. The number of aromatic nitrogens is 2. The van der Waals surface area contributed by atoms with Crippen molar-refractivity contribution in [3.63, 3.8) is 0 Å². The molecule has 1 aromatic carbocycles. The van der Waals surface area contributed by atoms with Gasteiger partial charge in [0.2, 0.25) is 0 Å². The zero-order valence-corrected chi connectivity index (χ0v) is 12.9. The maximum atomic E-state index is 12.4. The smallest absolute Gasteiger partial charge is 0.291 e. The molecule has 2 N–H and O–H groups in total. The monoisotopic (exact) mass is 310 g/mol. The van der Waals surface area contributed by atoms with E-state index in [2.05, 4.69) is 15.7 Å². The summed E-state index contributed by atoms with van der Waals surface area (Å²) in [5.41, 5.74) is 3.80. The molecule has 0 spiro atoms. The second kappa shape index (κ2) is 5.55. The Morgan fingerprint density at radius 3 is 2.78 bits per heavy atom. The van der Waals surface area contributed by atoms with Crippen molar-refractivity contribution in [3.05, 3.63) is 41.9 Å². The zero-order valence-electron chi connectivity index (χ0n) is 12.9. The van der Waals surface area contributed by atoms with E-state index in [1.54, 1.807) is 10.9 Å². The molecule has 1 amide bonds. The molecule has 0 unspecified atom stereocenters. The number of aryl methyl sites for hydroxylation is 1. The fourth-order valence-corrected chi connectivity index (χ4v) is 2.99. The number of fused-ring (bicyclic) bond motifs is 1. The third kappa shape index (κ3) is 2.61. The van der Waals surface area contributed by atoms with Gasteiger partial charge in [-0.15, -0.1) is 0 Å². The number of carbonyl (C=O) groups is 1. The van der Waals surface area contributed by atoms with Crippen LogP contribution in [0.4, 0.5) is 5.69 Å². The molecule has 1 fully saturated rings. The van der Waals surface area contributed by atoms with Gasteiger partial charge in [-0.3, -0.25) is 9.48 Å². The van der Waals surface area contributed by atoms with Crippen molar-refractivity contribution in [3.8, 4) is 16.9 Å². The summed E-state index contributed by atoms with van der Waals surface area (Å²) >= 11 is 0. The Labute approximate surface area is 134 Å². The lowest BCUT2D eigenvalue weighted by Crippen LogP contribution is -2.30. The summed E-state index contributed by atoms with van der Waals surface area (Å²) in [6.07, 6.45) is 5.45. The molecule has 6 nitrogen and oxygen atoms in total. The summed E-state index contributed by atoms with van der Waals surface area (Å²) in [6, 6.07) is 5.81. The lowest BCUT2D eigenvalue weighted by Gasteiger charge is -2.25. The van der Waals surface area contributed by atoms with E-state index in [9.17, 15) is 4.79 Å². The molecule has 0 radical (unpaired) electrons. The van der Waals surface area contributed by atoms with Crippen molar-refractivity contribution < 1.29 is 9.53 Å². The molecule has 0 aliphatic carbocycles. The van der Waals surface area contributed by atoms with Crippen LogP contribution in [0.5, 0.6) is 5.75 Å². The first-order chi connectivity index (χ1) is 11.2. The molecule has 0 saturated carbocycles. The number of carbonyl (C=O) groups excluding carboxylic acids is 1. The quantitative estimate of drug-likeness (QED) is 0.791. The van der Waals surface area contributed by atoms with E-state index < -0.39 is 0 Å². The predicted molar refractivity (Wildman–Crippen MR) is 87.0 cm³/mol. The maximum absolute atomic E-state index is 12.4. The number of piperidine rings is 1. The Hall–Kier alpha value is -2.60. The molecule has 0 atom stereocenters. The van der Waals surface area contributed by atoms with E-state index in [0.717, 1.165) is 42.6 Å². The lowest BCUT2D eigenvalue weighted by atomic mass is 10.0. The van der Waals surface area contributed by atoms with E-state index in [4.69, 9.17) is 4.74 Å². The average Bonchev–Trinajstić information content (AvgIpc) is 3.01. The standard InChI is InChI=1S/C17H18N4O2/c1-21-10-13(9-19-21)12-2-3-15-14(8-12)20-17(22)16(23-15)11-4-6-18-7-5-11/h2-3,8-10,18H,4-7H2,1H3,(H,20,22). The van der Waals surface area contributed by atoms with E-state index in [0.29, 0.717) is 17.2 Å². The molecule has 1 aromatic heterocycles. The van der Waals surface area contributed by atoms with Gasteiger partial charge in [-0.25, -0.2) is 0 Å². The van der Waals surface area contributed by atoms with Gasteiger partial charge in [-0.2, -0.15) is 5.10 Å². The van der Waals surface area contributed by atoms with Crippen LogP contribution in [0.1, 0.15) is 12.8 Å². The largest absolute Gasteiger partial charge is 0.449 e. The van der Waals surface area contributed by atoms with Gasteiger partial charge in [0.15, 0.2) is 11.5 Å². The third-order valence-electron chi connectivity index (χ3n) is 4.21. The zero-order chi connectivity index (χ0) is 15.8. The van der Waals surface area contributed by atoms with Gasteiger partial charge < -0.3 is 15.4 Å². The first kappa shape index (κ1) is 14.0. The van der Waals surface area contributed by atoms with Crippen LogP contribution < -0.4 is 15.4 Å². The fourth-order valence-electron chi connectivity index (χ4n) is 2.99. The highest BCUT2D eigenvalue weighted by Gasteiger charge is 2.26. The molecule has 0 bridgehead atoms. The minimum absolute atomic E-state index is 0.155. The van der Waals surface area contributed by atoms with E-state index in [-0.39, 0.29) is 5.91 Å². The van der Waals surface area contributed by atoms with Crippen LogP contribution in [0.25, 0.3) is 11.1 Å². The van der Waals surface area contributed by atoms with Gasteiger partial charge in [0.1, 0.15) is 0 Å². The number of nitrogens with zero attached hydrogens (tertiary/aromatic N) is 2. The Balaban J connectivity index is 1.67. The minimum Gasteiger partial charge on any atom is -0.449 e. The number of nitrogens with one attached hydrogen (secondary N) is 2. The predicted octanol–water partition coefficient (Wildman–Crippen LogP) is 2.06. The Morgan fingerprint density at radius 2 is 2.04 bits per heavy atom. The third-order valence-corrected chi connectivity index (χ3v) is 4.21. The minimum atomic E-state index is -0.155. The van der Waals surface area contributed by atoms with Crippen molar-refractivity contribution in [2.75, 3.05) is 18.4 Å². The van der Waals surface area contributed by atoms with Crippen LogP contribution >= 0.6 is 0 Å². The lowest BCUT2D eigenvalue weighted by molar-refractivity contribution is -0.115. The van der Waals surface area contributed by atoms with Crippen molar-refractivity contribution in [2.45, 2.75) is 12.8 Å². The number of amides is 1. The normalized spacial score (nSPS) is 17.5. The van der Waals surface area contributed by atoms with Gasteiger partial charge in [-0.05, 0) is 49.2 Å². The van der Waals surface area contributed by atoms with E-state index >= 15 is 0 Å². The van der Waals surface area contributed by atoms with Crippen molar-refractivity contribution in [1.82, 2.24) is 15.1 Å². The number of hydrogen-bond acceptors (Lipinski definition) is 4. The first-order valence-corrected chi connectivity index (χ1v) is 7.76. The molecule has 2 aromatic rings. The molecule has 2 aliphatic heterocycles. The molecule has 6 heteroatoms. The van der Waals surface area contributed by atoms with Gasteiger partial charge in [0.25, 0.3) is 5.91 Å². The van der Waals surface area contributed by atoms with Crippen LogP contribution in [-0.4, -0.2) is 28.8 Å². The summed E-state index contributed by atoms with van der Waals surface area (Å²) in [4.78, 5) is 12.4. The highest BCUT2D eigenvalue weighted by molar-refractivity contribution is 6.06. The molecule has 3 heterocycles.